The number of anilines is 1. The summed E-state index contributed by atoms with van der Waals surface area (Å²) in [5.74, 6) is 0.0259. The Morgan fingerprint density at radius 1 is 1.24 bits per heavy atom. The molecular formula is C13H10INOS. The molecule has 0 aliphatic carbocycles. The van der Waals surface area contributed by atoms with Crippen molar-refractivity contribution < 1.29 is 4.79 Å². The minimum absolute atomic E-state index is 0.0259. The zero-order chi connectivity index (χ0) is 12.1. The van der Waals surface area contributed by atoms with Crippen LogP contribution in [0.4, 0.5) is 5.69 Å². The van der Waals surface area contributed by atoms with Crippen molar-refractivity contribution in [2.24, 2.45) is 0 Å². The number of carbonyl (C=O) groups is 1. The SMILES string of the molecule is O=C(C=CNc1ccc(I)cc1)c1cccs1. The van der Waals surface area contributed by atoms with Gasteiger partial charge < -0.3 is 5.32 Å². The molecule has 1 heterocycles. The normalized spacial score (nSPS) is 10.6. The number of carbonyl (C=O) groups excluding carboxylic acids is 1. The third-order valence-electron chi connectivity index (χ3n) is 2.09. The highest BCUT2D eigenvalue weighted by atomic mass is 127. The van der Waals surface area contributed by atoms with Crippen molar-refractivity contribution in [2.75, 3.05) is 5.32 Å². The lowest BCUT2D eigenvalue weighted by molar-refractivity contribution is 0.105. The van der Waals surface area contributed by atoms with Gasteiger partial charge in [-0.3, -0.25) is 4.79 Å². The van der Waals surface area contributed by atoms with Crippen LogP contribution in [-0.2, 0) is 0 Å². The summed E-state index contributed by atoms with van der Waals surface area (Å²) in [5.41, 5.74) is 0.973. The molecule has 1 aromatic carbocycles. The third kappa shape index (κ3) is 3.67. The van der Waals surface area contributed by atoms with Crippen LogP contribution in [0.25, 0.3) is 0 Å². The summed E-state index contributed by atoms with van der Waals surface area (Å²) in [7, 11) is 0. The van der Waals surface area contributed by atoms with E-state index in [0.717, 1.165) is 10.6 Å². The number of hydrogen-bond donors (Lipinski definition) is 1. The molecule has 0 saturated heterocycles. The van der Waals surface area contributed by atoms with Crippen LogP contribution in [0.3, 0.4) is 0 Å². The van der Waals surface area contributed by atoms with E-state index in [-0.39, 0.29) is 5.78 Å². The molecule has 0 aliphatic heterocycles. The number of halogens is 1. The van der Waals surface area contributed by atoms with Gasteiger partial charge >= 0.3 is 0 Å². The first-order valence-electron chi connectivity index (χ1n) is 5.02. The van der Waals surface area contributed by atoms with E-state index in [4.69, 9.17) is 0 Å². The van der Waals surface area contributed by atoms with Crippen molar-refractivity contribution in [3.05, 3.63) is 62.5 Å². The number of thiophene rings is 1. The van der Waals surface area contributed by atoms with Crippen molar-refractivity contribution in [3.63, 3.8) is 0 Å². The van der Waals surface area contributed by atoms with E-state index in [0.29, 0.717) is 0 Å². The first kappa shape index (κ1) is 12.3. The van der Waals surface area contributed by atoms with Crippen LogP contribution in [0.2, 0.25) is 0 Å². The fourth-order valence-electron chi connectivity index (χ4n) is 1.26. The average Bonchev–Trinajstić information content (AvgIpc) is 2.85. The van der Waals surface area contributed by atoms with E-state index in [1.165, 1.54) is 14.9 Å². The smallest absolute Gasteiger partial charge is 0.197 e. The highest BCUT2D eigenvalue weighted by molar-refractivity contribution is 14.1. The number of benzene rings is 1. The number of nitrogens with one attached hydrogen (secondary N) is 1. The van der Waals surface area contributed by atoms with Crippen molar-refractivity contribution in [1.29, 1.82) is 0 Å². The van der Waals surface area contributed by atoms with Gasteiger partial charge in [0, 0.05) is 21.5 Å². The van der Waals surface area contributed by atoms with E-state index in [9.17, 15) is 4.79 Å². The molecule has 1 N–H and O–H groups in total. The molecule has 0 radical (unpaired) electrons. The van der Waals surface area contributed by atoms with Crippen LogP contribution >= 0.6 is 33.9 Å². The Kier molecular flexibility index (Phi) is 4.33. The molecule has 1 aromatic heterocycles. The molecule has 0 fully saturated rings. The Labute approximate surface area is 118 Å². The fourth-order valence-corrected chi connectivity index (χ4v) is 2.27. The van der Waals surface area contributed by atoms with E-state index in [2.05, 4.69) is 27.9 Å². The molecule has 2 rings (SSSR count). The maximum absolute atomic E-state index is 11.6. The molecule has 86 valence electrons. The lowest BCUT2D eigenvalue weighted by Crippen LogP contribution is -1.93. The molecular weight excluding hydrogens is 345 g/mol. The maximum atomic E-state index is 11.6. The second-order valence-corrected chi connectivity index (χ2v) is 5.52. The lowest BCUT2D eigenvalue weighted by Gasteiger charge is -1.99. The van der Waals surface area contributed by atoms with E-state index in [1.807, 2.05) is 41.8 Å². The Morgan fingerprint density at radius 3 is 2.65 bits per heavy atom. The number of hydrogen-bond acceptors (Lipinski definition) is 3. The number of rotatable bonds is 4. The monoisotopic (exact) mass is 355 g/mol. The topological polar surface area (TPSA) is 29.1 Å². The summed E-state index contributed by atoms with van der Waals surface area (Å²) in [5, 5.41) is 4.96. The molecule has 0 amide bonds. The zero-order valence-corrected chi connectivity index (χ0v) is 11.9. The van der Waals surface area contributed by atoms with Gasteiger partial charge in [-0.1, -0.05) is 6.07 Å². The Bertz CT molecular complexity index is 517. The first-order valence-corrected chi connectivity index (χ1v) is 6.98. The standard InChI is InChI=1S/C13H10INOS/c14-10-3-5-11(6-4-10)15-8-7-12(16)13-2-1-9-17-13/h1-9,15H. The second-order valence-electron chi connectivity index (χ2n) is 3.33. The van der Waals surface area contributed by atoms with Crippen LogP contribution in [0, 0.1) is 3.57 Å². The number of ketones is 1. The first-order chi connectivity index (χ1) is 8.25. The van der Waals surface area contributed by atoms with Crippen LogP contribution in [0.1, 0.15) is 9.67 Å². The van der Waals surface area contributed by atoms with Crippen LogP contribution in [-0.4, -0.2) is 5.78 Å². The molecule has 0 aliphatic rings. The van der Waals surface area contributed by atoms with Gasteiger partial charge in [-0.2, -0.15) is 0 Å². The summed E-state index contributed by atoms with van der Waals surface area (Å²) in [6.07, 6.45) is 3.22. The summed E-state index contributed by atoms with van der Waals surface area (Å²) in [6, 6.07) is 11.7. The summed E-state index contributed by atoms with van der Waals surface area (Å²) >= 11 is 3.70. The summed E-state index contributed by atoms with van der Waals surface area (Å²) < 4.78 is 1.19. The molecule has 0 spiro atoms. The highest BCUT2D eigenvalue weighted by Crippen LogP contribution is 2.12. The second kappa shape index (κ2) is 5.97. The lowest BCUT2D eigenvalue weighted by atomic mass is 10.3. The Morgan fingerprint density at radius 2 is 2.00 bits per heavy atom. The van der Waals surface area contributed by atoms with Gasteiger partial charge in [-0.05, 0) is 58.3 Å². The molecule has 2 aromatic rings. The molecule has 0 atom stereocenters. The molecule has 0 saturated carbocycles. The van der Waals surface area contributed by atoms with Gasteiger partial charge in [0.05, 0.1) is 4.88 Å². The van der Waals surface area contributed by atoms with E-state index < -0.39 is 0 Å². The summed E-state index contributed by atoms with van der Waals surface area (Å²) in [6.45, 7) is 0. The van der Waals surface area contributed by atoms with Gasteiger partial charge in [0.25, 0.3) is 0 Å². The van der Waals surface area contributed by atoms with Crippen molar-refractivity contribution in [2.45, 2.75) is 0 Å². The van der Waals surface area contributed by atoms with Gasteiger partial charge in [0.15, 0.2) is 5.78 Å². The largest absolute Gasteiger partial charge is 0.362 e. The predicted octanol–water partition coefficient (Wildman–Crippen LogP) is 4.16. The van der Waals surface area contributed by atoms with Gasteiger partial charge in [-0.15, -0.1) is 11.3 Å². The quantitative estimate of drug-likeness (QED) is 0.507. The van der Waals surface area contributed by atoms with Crippen LogP contribution in [0.15, 0.2) is 54.1 Å². The van der Waals surface area contributed by atoms with E-state index >= 15 is 0 Å². The fraction of sp³-hybridized carbons (Fsp3) is 0. The number of allylic oxidation sites excluding steroid dienone is 1. The van der Waals surface area contributed by atoms with Gasteiger partial charge in [-0.25, -0.2) is 0 Å². The minimum atomic E-state index is 0.0259. The summed E-state index contributed by atoms with van der Waals surface area (Å²) in [4.78, 5) is 12.4. The van der Waals surface area contributed by atoms with E-state index in [1.54, 1.807) is 12.3 Å². The van der Waals surface area contributed by atoms with Crippen molar-refractivity contribution in [3.8, 4) is 0 Å². The third-order valence-corrected chi connectivity index (χ3v) is 3.70. The van der Waals surface area contributed by atoms with Gasteiger partial charge in [0.1, 0.15) is 0 Å². The predicted molar refractivity (Wildman–Crippen MR) is 80.6 cm³/mol. The zero-order valence-electron chi connectivity index (χ0n) is 8.89. The molecule has 0 unspecified atom stereocenters. The molecule has 4 heteroatoms. The molecule has 2 nitrogen and oxygen atoms in total. The van der Waals surface area contributed by atoms with Crippen molar-refractivity contribution >= 4 is 45.4 Å². The molecule has 0 bridgehead atoms. The van der Waals surface area contributed by atoms with Crippen molar-refractivity contribution in [1.82, 2.24) is 0 Å². The Hall–Kier alpha value is -1.14. The van der Waals surface area contributed by atoms with Crippen LogP contribution < -0.4 is 5.32 Å². The van der Waals surface area contributed by atoms with Gasteiger partial charge in [0.2, 0.25) is 0 Å². The van der Waals surface area contributed by atoms with Crippen LogP contribution in [0.5, 0.6) is 0 Å². The Balaban J connectivity index is 1.94. The average molecular weight is 355 g/mol. The minimum Gasteiger partial charge on any atom is -0.362 e. The molecule has 17 heavy (non-hydrogen) atoms. The highest BCUT2D eigenvalue weighted by Gasteiger charge is 2.00. The maximum Gasteiger partial charge on any atom is 0.197 e.